The van der Waals surface area contributed by atoms with Gasteiger partial charge in [0.15, 0.2) is 0 Å². The third kappa shape index (κ3) is 4.60. The molecular weight excluding hydrogens is 368 g/mol. The summed E-state index contributed by atoms with van der Waals surface area (Å²) >= 11 is 0. The highest BCUT2D eigenvalue weighted by molar-refractivity contribution is 5.79. The molecule has 3 rings (SSSR count). The van der Waals surface area contributed by atoms with Gasteiger partial charge in [-0.2, -0.15) is 0 Å². The molecule has 162 valence electrons. The van der Waals surface area contributed by atoms with Crippen LogP contribution in [0.15, 0.2) is 6.07 Å². The number of benzene rings is 1. The van der Waals surface area contributed by atoms with Crippen molar-refractivity contribution in [3.63, 3.8) is 0 Å². The van der Waals surface area contributed by atoms with Gasteiger partial charge in [0.2, 0.25) is 5.91 Å². The van der Waals surface area contributed by atoms with E-state index in [0.29, 0.717) is 13.2 Å². The molecule has 1 fully saturated rings. The number of aliphatic hydroxyl groups excluding tert-OH is 1. The highest BCUT2D eigenvalue weighted by Crippen LogP contribution is 2.44. The molecule has 2 N–H and O–H groups in total. The fourth-order valence-corrected chi connectivity index (χ4v) is 4.87. The molecule has 1 heterocycles. The number of aliphatic hydroxyl groups is 1. The van der Waals surface area contributed by atoms with Crippen LogP contribution in [-0.4, -0.2) is 69.5 Å². The molecule has 0 radical (unpaired) electrons. The summed E-state index contributed by atoms with van der Waals surface area (Å²) in [4.78, 5) is 16.6. The van der Waals surface area contributed by atoms with Gasteiger partial charge in [-0.25, -0.2) is 0 Å². The number of hydrogen-bond acceptors (Lipinski definition) is 4. The van der Waals surface area contributed by atoms with Crippen LogP contribution in [0.5, 0.6) is 5.75 Å². The van der Waals surface area contributed by atoms with Gasteiger partial charge >= 0.3 is 0 Å². The van der Waals surface area contributed by atoms with Gasteiger partial charge in [0, 0.05) is 18.9 Å². The van der Waals surface area contributed by atoms with E-state index in [1.807, 2.05) is 18.7 Å². The number of rotatable bonds is 6. The van der Waals surface area contributed by atoms with Crippen LogP contribution in [0.1, 0.15) is 41.7 Å². The van der Waals surface area contributed by atoms with Crippen LogP contribution in [0.2, 0.25) is 0 Å². The van der Waals surface area contributed by atoms with Gasteiger partial charge in [-0.05, 0) is 55.0 Å². The lowest BCUT2D eigenvalue weighted by Crippen LogP contribution is -3.12. The molecule has 3 atom stereocenters. The Morgan fingerprint density at radius 1 is 1.31 bits per heavy atom. The van der Waals surface area contributed by atoms with Crippen molar-refractivity contribution in [3.05, 3.63) is 28.3 Å². The molecule has 1 aromatic rings. The summed E-state index contributed by atoms with van der Waals surface area (Å²) in [7, 11) is 3.83. The predicted molar refractivity (Wildman–Crippen MR) is 112 cm³/mol. The molecular formula is C23H37N2O4+. The SMILES string of the molecule is COCCOc1cc(C)c2c(c1C)[C@H](O)[C@H]([C@H](C)C(=O)N1CC[NH+](C)CC1)CC2. The average Bonchev–Trinajstić information content (AvgIpc) is 2.71. The van der Waals surface area contributed by atoms with Crippen LogP contribution in [0, 0.1) is 25.7 Å². The summed E-state index contributed by atoms with van der Waals surface area (Å²) in [6.45, 7) is 10.7. The van der Waals surface area contributed by atoms with Gasteiger partial charge in [0.25, 0.3) is 0 Å². The minimum atomic E-state index is -0.638. The van der Waals surface area contributed by atoms with Gasteiger partial charge in [-0.1, -0.05) is 6.92 Å². The number of quaternary nitrogens is 1. The molecule has 1 aliphatic carbocycles. The van der Waals surface area contributed by atoms with E-state index >= 15 is 0 Å². The third-order valence-electron chi connectivity index (χ3n) is 6.86. The summed E-state index contributed by atoms with van der Waals surface area (Å²) in [5, 5.41) is 11.3. The van der Waals surface area contributed by atoms with Crippen molar-refractivity contribution in [1.29, 1.82) is 0 Å². The van der Waals surface area contributed by atoms with E-state index in [9.17, 15) is 9.90 Å². The Morgan fingerprint density at radius 2 is 2.00 bits per heavy atom. The van der Waals surface area contributed by atoms with Crippen LogP contribution in [-0.2, 0) is 16.0 Å². The number of ether oxygens (including phenoxy) is 2. The minimum absolute atomic E-state index is 0.0608. The minimum Gasteiger partial charge on any atom is -0.491 e. The van der Waals surface area contributed by atoms with Crippen molar-refractivity contribution < 1.29 is 24.3 Å². The first kappa shape index (κ1) is 22.1. The second-order valence-corrected chi connectivity index (χ2v) is 8.77. The lowest BCUT2D eigenvalue weighted by atomic mass is 9.72. The molecule has 1 saturated heterocycles. The Balaban J connectivity index is 1.80. The molecule has 2 aliphatic rings. The molecule has 1 amide bonds. The van der Waals surface area contributed by atoms with Crippen molar-refractivity contribution in [2.45, 2.75) is 39.7 Å². The molecule has 0 bridgehead atoms. The van der Waals surface area contributed by atoms with E-state index < -0.39 is 6.10 Å². The summed E-state index contributed by atoms with van der Waals surface area (Å²) < 4.78 is 11.0. The summed E-state index contributed by atoms with van der Waals surface area (Å²) in [5.74, 6) is 0.745. The largest absolute Gasteiger partial charge is 0.491 e. The fourth-order valence-electron chi connectivity index (χ4n) is 4.87. The fraction of sp³-hybridized carbons (Fsp3) is 0.696. The maximum atomic E-state index is 13.1. The monoisotopic (exact) mass is 405 g/mol. The maximum absolute atomic E-state index is 13.1. The zero-order valence-electron chi connectivity index (χ0n) is 18.6. The predicted octanol–water partition coefficient (Wildman–Crippen LogP) is 0.917. The van der Waals surface area contributed by atoms with Crippen LogP contribution in [0.25, 0.3) is 0 Å². The van der Waals surface area contributed by atoms with Crippen molar-refractivity contribution in [1.82, 2.24) is 4.90 Å². The molecule has 1 aromatic carbocycles. The van der Waals surface area contributed by atoms with Crippen molar-refractivity contribution in [2.75, 3.05) is 53.6 Å². The highest BCUT2D eigenvalue weighted by atomic mass is 16.5. The number of methoxy groups -OCH3 is 1. The Bertz CT molecular complexity index is 728. The number of likely N-dealkylation sites (N-methyl/N-ethyl adjacent to an activating group) is 1. The molecule has 0 aromatic heterocycles. The zero-order valence-corrected chi connectivity index (χ0v) is 18.6. The van der Waals surface area contributed by atoms with Gasteiger partial charge < -0.3 is 24.4 Å². The molecule has 0 unspecified atom stereocenters. The van der Waals surface area contributed by atoms with E-state index in [1.54, 1.807) is 7.11 Å². The first-order valence-electron chi connectivity index (χ1n) is 10.9. The molecule has 6 nitrogen and oxygen atoms in total. The quantitative estimate of drug-likeness (QED) is 0.691. The standard InChI is InChI=1S/C23H36N2O4/c1-15-14-20(29-13-12-28-5)17(3)21-18(15)6-7-19(22(21)26)16(2)23(27)25-10-8-24(4)9-11-25/h14,16,19,22,26H,6-13H2,1-5H3/p+1/t16-,19-,22+/m0/s1. The van der Waals surface area contributed by atoms with Crippen LogP contribution in [0.4, 0.5) is 0 Å². The Labute approximate surface area is 174 Å². The zero-order chi connectivity index (χ0) is 21.1. The van der Waals surface area contributed by atoms with Gasteiger partial charge in [0.1, 0.15) is 12.4 Å². The smallest absolute Gasteiger partial charge is 0.226 e. The van der Waals surface area contributed by atoms with E-state index in [2.05, 4.69) is 20.0 Å². The van der Waals surface area contributed by atoms with Crippen molar-refractivity contribution >= 4 is 5.91 Å². The normalized spacial score (nSPS) is 23.6. The number of nitrogens with one attached hydrogen (secondary N) is 1. The van der Waals surface area contributed by atoms with Crippen LogP contribution in [0.3, 0.4) is 0 Å². The van der Waals surface area contributed by atoms with Gasteiger partial charge in [-0.15, -0.1) is 0 Å². The lowest BCUT2D eigenvalue weighted by molar-refractivity contribution is -0.883. The van der Waals surface area contributed by atoms with Crippen molar-refractivity contribution in [3.8, 4) is 5.75 Å². The van der Waals surface area contributed by atoms with Crippen molar-refractivity contribution in [2.24, 2.45) is 11.8 Å². The number of carbonyl (C=O) groups is 1. The Hall–Kier alpha value is -1.63. The first-order chi connectivity index (χ1) is 13.8. The molecule has 29 heavy (non-hydrogen) atoms. The number of fused-ring (bicyclic) bond motifs is 1. The molecule has 1 aliphatic heterocycles. The number of amides is 1. The van der Waals surface area contributed by atoms with Gasteiger partial charge in [0.05, 0.1) is 45.9 Å². The summed E-state index contributed by atoms with van der Waals surface area (Å²) in [6, 6.07) is 2.07. The molecule has 6 heteroatoms. The second kappa shape index (κ2) is 9.45. The van der Waals surface area contributed by atoms with Crippen LogP contribution < -0.4 is 9.64 Å². The number of piperazine rings is 1. The van der Waals surface area contributed by atoms with E-state index in [0.717, 1.165) is 61.5 Å². The van der Waals surface area contributed by atoms with E-state index in [1.165, 1.54) is 10.5 Å². The lowest BCUT2D eigenvalue weighted by Gasteiger charge is -2.38. The average molecular weight is 406 g/mol. The Kier molecular flexibility index (Phi) is 7.19. The molecule has 0 saturated carbocycles. The maximum Gasteiger partial charge on any atom is 0.226 e. The number of nitrogens with zero attached hydrogens (tertiary/aromatic N) is 1. The molecule has 0 spiro atoms. The summed E-state index contributed by atoms with van der Waals surface area (Å²) in [6.07, 6.45) is 1.09. The topological polar surface area (TPSA) is 63.4 Å². The third-order valence-corrected chi connectivity index (χ3v) is 6.86. The number of aryl methyl sites for hydroxylation is 1. The van der Waals surface area contributed by atoms with E-state index in [-0.39, 0.29) is 17.7 Å². The van der Waals surface area contributed by atoms with Crippen LogP contribution >= 0.6 is 0 Å². The number of carbonyl (C=O) groups excluding carboxylic acids is 1. The summed E-state index contributed by atoms with van der Waals surface area (Å²) in [5.41, 5.74) is 4.32. The van der Waals surface area contributed by atoms with Gasteiger partial charge in [-0.3, -0.25) is 4.79 Å². The van der Waals surface area contributed by atoms with E-state index in [4.69, 9.17) is 9.47 Å². The second-order valence-electron chi connectivity index (χ2n) is 8.77. The number of hydrogen-bond donors (Lipinski definition) is 2. The first-order valence-corrected chi connectivity index (χ1v) is 10.9. The highest BCUT2D eigenvalue weighted by Gasteiger charge is 2.39. The Morgan fingerprint density at radius 3 is 2.66 bits per heavy atom.